The van der Waals surface area contributed by atoms with Gasteiger partial charge in [-0.25, -0.2) is 8.78 Å². The lowest BCUT2D eigenvalue weighted by atomic mass is 10.1. The maximum atomic E-state index is 14.1. The molecule has 1 aromatic rings. The van der Waals surface area contributed by atoms with Gasteiger partial charge in [-0.3, -0.25) is 0 Å². The number of benzene rings is 1. The zero-order chi connectivity index (χ0) is 13.3. The molecule has 0 radical (unpaired) electrons. The Labute approximate surface area is 104 Å². The number of nitrogens with zero attached hydrogens (tertiary/aromatic N) is 1. The number of ether oxygens (including phenoxy) is 1. The fourth-order valence-electron chi connectivity index (χ4n) is 2.10. The predicted molar refractivity (Wildman–Crippen MR) is 62.7 cm³/mol. The first-order valence-electron chi connectivity index (χ1n) is 5.74. The summed E-state index contributed by atoms with van der Waals surface area (Å²) in [4.78, 5) is 1.67. The Hall–Kier alpha value is -1.43. The Morgan fingerprint density at radius 2 is 1.67 bits per heavy atom. The molecule has 0 aliphatic carbocycles. The standard InChI is InChI=1S/C12H15F3N2O/c1-7-8(13)10(15)12(18-2)11(9(7)14)17-5-3-16-4-6-17/h16H,3-6H2,1-2H3. The average molecular weight is 260 g/mol. The summed E-state index contributed by atoms with van der Waals surface area (Å²) in [7, 11) is 1.21. The van der Waals surface area contributed by atoms with Crippen molar-refractivity contribution >= 4 is 5.69 Å². The Morgan fingerprint density at radius 1 is 1.06 bits per heavy atom. The topological polar surface area (TPSA) is 24.5 Å². The molecule has 0 spiro atoms. The lowest BCUT2D eigenvalue weighted by molar-refractivity contribution is 0.363. The van der Waals surface area contributed by atoms with Crippen molar-refractivity contribution in [2.45, 2.75) is 6.92 Å². The van der Waals surface area contributed by atoms with Crippen molar-refractivity contribution in [3.8, 4) is 5.75 Å². The minimum atomic E-state index is -1.19. The maximum absolute atomic E-state index is 14.1. The van der Waals surface area contributed by atoms with Gasteiger partial charge in [0.05, 0.1) is 7.11 Å². The SMILES string of the molecule is COc1c(F)c(F)c(C)c(F)c1N1CCNCC1. The number of anilines is 1. The van der Waals surface area contributed by atoms with Gasteiger partial charge in [-0.05, 0) is 6.92 Å². The van der Waals surface area contributed by atoms with Crippen molar-refractivity contribution in [2.75, 3.05) is 38.2 Å². The van der Waals surface area contributed by atoms with Crippen LogP contribution in [0.5, 0.6) is 5.75 Å². The number of methoxy groups -OCH3 is 1. The summed E-state index contributed by atoms with van der Waals surface area (Å²) in [6.07, 6.45) is 0. The van der Waals surface area contributed by atoms with Crippen LogP contribution in [0.15, 0.2) is 0 Å². The summed E-state index contributed by atoms with van der Waals surface area (Å²) < 4.78 is 46.2. The summed E-state index contributed by atoms with van der Waals surface area (Å²) >= 11 is 0. The first-order valence-corrected chi connectivity index (χ1v) is 5.74. The summed E-state index contributed by atoms with van der Waals surface area (Å²) in [6.45, 7) is 3.61. The first kappa shape index (κ1) is 13.0. The second-order valence-corrected chi connectivity index (χ2v) is 4.19. The van der Waals surface area contributed by atoms with Crippen LogP contribution in [-0.2, 0) is 0 Å². The maximum Gasteiger partial charge on any atom is 0.203 e. The highest BCUT2D eigenvalue weighted by atomic mass is 19.2. The molecule has 1 fully saturated rings. The van der Waals surface area contributed by atoms with E-state index in [0.717, 1.165) is 0 Å². The Balaban J connectivity index is 2.56. The van der Waals surface area contributed by atoms with Crippen molar-refractivity contribution in [3.63, 3.8) is 0 Å². The number of rotatable bonds is 2. The van der Waals surface area contributed by atoms with Crippen LogP contribution in [0.4, 0.5) is 18.9 Å². The molecule has 0 amide bonds. The van der Waals surface area contributed by atoms with E-state index in [1.54, 1.807) is 4.90 Å². The highest BCUT2D eigenvalue weighted by Crippen LogP contribution is 2.37. The van der Waals surface area contributed by atoms with Crippen LogP contribution in [0, 0.1) is 24.4 Å². The van der Waals surface area contributed by atoms with Gasteiger partial charge in [0, 0.05) is 31.7 Å². The highest BCUT2D eigenvalue weighted by molar-refractivity contribution is 5.62. The molecule has 1 heterocycles. The molecule has 1 saturated heterocycles. The monoisotopic (exact) mass is 260 g/mol. The molecule has 1 aromatic carbocycles. The van der Waals surface area contributed by atoms with Gasteiger partial charge in [0.1, 0.15) is 5.69 Å². The number of hydrogen-bond donors (Lipinski definition) is 1. The molecule has 3 nitrogen and oxygen atoms in total. The zero-order valence-corrected chi connectivity index (χ0v) is 10.3. The largest absolute Gasteiger partial charge is 0.491 e. The Bertz CT molecular complexity index is 459. The molecular weight excluding hydrogens is 245 g/mol. The van der Waals surface area contributed by atoms with E-state index in [2.05, 4.69) is 5.32 Å². The number of piperazine rings is 1. The summed E-state index contributed by atoms with van der Waals surface area (Å²) in [5.41, 5.74) is -0.308. The van der Waals surface area contributed by atoms with Crippen LogP contribution in [0.3, 0.4) is 0 Å². The van der Waals surface area contributed by atoms with E-state index >= 15 is 0 Å². The zero-order valence-electron chi connectivity index (χ0n) is 10.3. The van der Waals surface area contributed by atoms with E-state index in [1.165, 1.54) is 14.0 Å². The molecule has 1 N–H and O–H groups in total. The van der Waals surface area contributed by atoms with Gasteiger partial charge in [-0.15, -0.1) is 0 Å². The normalized spacial score (nSPS) is 15.9. The summed E-state index contributed by atoms with van der Waals surface area (Å²) in [6, 6.07) is 0. The quantitative estimate of drug-likeness (QED) is 0.821. The predicted octanol–water partition coefficient (Wildman–Crippen LogP) is 1.83. The van der Waals surface area contributed by atoms with Gasteiger partial charge in [0.25, 0.3) is 0 Å². The molecule has 1 aliphatic heterocycles. The van der Waals surface area contributed by atoms with Gasteiger partial charge in [0.2, 0.25) is 5.82 Å². The second-order valence-electron chi connectivity index (χ2n) is 4.19. The molecular formula is C12H15F3N2O. The van der Waals surface area contributed by atoms with E-state index in [4.69, 9.17) is 4.74 Å². The third kappa shape index (κ3) is 2.01. The highest BCUT2D eigenvalue weighted by Gasteiger charge is 2.27. The smallest absolute Gasteiger partial charge is 0.203 e. The van der Waals surface area contributed by atoms with E-state index in [1.807, 2.05) is 0 Å². The van der Waals surface area contributed by atoms with Crippen molar-refractivity contribution in [2.24, 2.45) is 0 Å². The summed E-state index contributed by atoms with van der Waals surface area (Å²) in [5, 5.41) is 3.11. The first-order chi connectivity index (χ1) is 8.57. The molecule has 0 bridgehead atoms. The van der Waals surface area contributed by atoms with Crippen LogP contribution in [0.2, 0.25) is 0 Å². The van der Waals surface area contributed by atoms with Gasteiger partial charge < -0.3 is 15.0 Å². The molecule has 1 aliphatic rings. The van der Waals surface area contributed by atoms with Crippen LogP contribution in [0.1, 0.15) is 5.56 Å². The van der Waals surface area contributed by atoms with Gasteiger partial charge in [-0.1, -0.05) is 0 Å². The third-order valence-electron chi connectivity index (χ3n) is 3.11. The molecule has 0 unspecified atom stereocenters. The average Bonchev–Trinajstić information content (AvgIpc) is 2.41. The Morgan fingerprint density at radius 3 is 2.22 bits per heavy atom. The number of nitrogens with one attached hydrogen (secondary N) is 1. The van der Waals surface area contributed by atoms with Gasteiger partial charge in [0.15, 0.2) is 17.4 Å². The molecule has 0 saturated carbocycles. The number of hydrogen-bond acceptors (Lipinski definition) is 3. The van der Waals surface area contributed by atoms with E-state index in [0.29, 0.717) is 26.2 Å². The minimum Gasteiger partial charge on any atom is -0.491 e. The fourth-order valence-corrected chi connectivity index (χ4v) is 2.10. The molecule has 0 atom stereocenters. The van der Waals surface area contributed by atoms with Gasteiger partial charge >= 0.3 is 0 Å². The van der Waals surface area contributed by atoms with E-state index in [9.17, 15) is 13.2 Å². The van der Waals surface area contributed by atoms with Crippen LogP contribution in [0.25, 0.3) is 0 Å². The second kappa shape index (κ2) is 5.06. The molecule has 6 heteroatoms. The van der Waals surface area contributed by atoms with E-state index < -0.39 is 17.5 Å². The molecule has 2 rings (SSSR count). The third-order valence-corrected chi connectivity index (χ3v) is 3.11. The number of halogens is 3. The van der Waals surface area contributed by atoms with Crippen molar-refractivity contribution in [3.05, 3.63) is 23.0 Å². The fraction of sp³-hybridized carbons (Fsp3) is 0.500. The lowest BCUT2D eigenvalue weighted by Crippen LogP contribution is -2.44. The molecule has 18 heavy (non-hydrogen) atoms. The van der Waals surface area contributed by atoms with Crippen LogP contribution in [-0.4, -0.2) is 33.3 Å². The molecule has 0 aromatic heterocycles. The van der Waals surface area contributed by atoms with Crippen LogP contribution >= 0.6 is 0 Å². The lowest BCUT2D eigenvalue weighted by Gasteiger charge is -2.31. The Kier molecular flexibility index (Phi) is 3.65. The molecule has 100 valence electrons. The van der Waals surface area contributed by atoms with Gasteiger partial charge in [-0.2, -0.15) is 4.39 Å². The minimum absolute atomic E-state index is 0.00963. The summed E-state index contributed by atoms with van der Waals surface area (Å²) in [5.74, 6) is -3.45. The van der Waals surface area contributed by atoms with Crippen molar-refractivity contribution < 1.29 is 17.9 Å². The van der Waals surface area contributed by atoms with Crippen LogP contribution < -0.4 is 15.0 Å². The van der Waals surface area contributed by atoms with Crippen molar-refractivity contribution in [1.82, 2.24) is 5.32 Å². The van der Waals surface area contributed by atoms with Crippen molar-refractivity contribution in [1.29, 1.82) is 0 Å². The van der Waals surface area contributed by atoms with E-state index in [-0.39, 0.29) is 17.0 Å².